The third kappa shape index (κ3) is 7.27. The van der Waals surface area contributed by atoms with E-state index in [9.17, 15) is 9.59 Å². The van der Waals surface area contributed by atoms with E-state index in [4.69, 9.17) is 4.74 Å². The van der Waals surface area contributed by atoms with Gasteiger partial charge in [0.25, 0.3) is 0 Å². The SMILES string of the molecule is CC(CN(C)C(=O)OC(C)(C)C)c1nnc(-c2ccc(NC(=O)C(C)(C)C)cc2)nn1. The molecule has 168 valence electrons. The molecular formula is C22H32N6O3. The van der Waals surface area contributed by atoms with E-state index in [1.165, 1.54) is 4.90 Å². The average Bonchev–Trinajstić information content (AvgIpc) is 2.66. The van der Waals surface area contributed by atoms with Gasteiger partial charge in [0.05, 0.1) is 0 Å². The number of anilines is 1. The summed E-state index contributed by atoms with van der Waals surface area (Å²) in [4.78, 5) is 25.7. The van der Waals surface area contributed by atoms with Crippen LogP contribution < -0.4 is 5.32 Å². The van der Waals surface area contributed by atoms with E-state index in [1.807, 2.05) is 48.5 Å². The van der Waals surface area contributed by atoms with E-state index in [1.54, 1.807) is 31.3 Å². The van der Waals surface area contributed by atoms with Gasteiger partial charge in [0.2, 0.25) is 11.7 Å². The van der Waals surface area contributed by atoms with Crippen molar-refractivity contribution in [2.75, 3.05) is 18.9 Å². The second-order valence-electron chi connectivity index (χ2n) is 9.63. The van der Waals surface area contributed by atoms with Crippen molar-refractivity contribution in [3.05, 3.63) is 30.1 Å². The lowest BCUT2D eigenvalue weighted by atomic mass is 9.95. The molecule has 0 fully saturated rings. The highest BCUT2D eigenvalue weighted by Gasteiger charge is 2.23. The average molecular weight is 429 g/mol. The van der Waals surface area contributed by atoms with Crippen molar-refractivity contribution in [3.8, 4) is 11.4 Å². The fourth-order valence-corrected chi connectivity index (χ4v) is 2.48. The minimum atomic E-state index is -0.555. The Morgan fingerprint density at radius 3 is 2.03 bits per heavy atom. The van der Waals surface area contributed by atoms with Crippen LogP contribution in [0.15, 0.2) is 24.3 Å². The molecule has 1 N–H and O–H groups in total. The molecule has 0 bridgehead atoms. The zero-order chi connectivity index (χ0) is 23.4. The van der Waals surface area contributed by atoms with E-state index in [0.29, 0.717) is 23.9 Å². The Hall–Kier alpha value is -3.10. The summed E-state index contributed by atoms with van der Waals surface area (Å²) in [5.41, 5.74) is 0.402. The third-order valence-corrected chi connectivity index (χ3v) is 4.27. The first-order chi connectivity index (χ1) is 14.3. The van der Waals surface area contributed by atoms with Gasteiger partial charge in [-0.05, 0) is 45.0 Å². The van der Waals surface area contributed by atoms with Crippen LogP contribution in [0.3, 0.4) is 0 Å². The smallest absolute Gasteiger partial charge is 0.410 e. The molecule has 1 aromatic heterocycles. The minimum Gasteiger partial charge on any atom is -0.444 e. The predicted molar refractivity (Wildman–Crippen MR) is 118 cm³/mol. The zero-order valence-electron chi connectivity index (χ0n) is 19.6. The van der Waals surface area contributed by atoms with Gasteiger partial charge >= 0.3 is 6.09 Å². The van der Waals surface area contributed by atoms with Crippen LogP contribution in [0.25, 0.3) is 11.4 Å². The van der Waals surface area contributed by atoms with Gasteiger partial charge in [-0.15, -0.1) is 20.4 Å². The number of carbonyl (C=O) groups is 2. The van der Waals surface area contributed by atoms with E-state index >= 15 is 0 Å². The third-order valence-electron chi connectivity index (χ3n) is 4.27. The van der Waals surface area contributed by atoms with Gasteiger partial charge in [-0.2, -0.15) is 0 Å². The van der Waals surface area contributed by atoms with Crippen molar-refractivity contribution in [1.29, 1.82) is 0 Å². The lowest BCUT2D eigenvalue weighted by Gasteiger charge is -2.25. The molecule has 0 aliphatic heterocycles. The highest BCUT2D eigenvalue weighted by Crippen LogP contribution is 2.21. The van der Waals surface area contributed by atoms with Crippen molar-refractivity contribution in [3.63, 3.8) is 0 Å². The second kappa shape index (κ2) is 9.36. The molecule has 0 radical (unpaired) electrons. The fourth-order valence-electron chi connectivity index (χ4n) is 2.48. The summed E-state index contributed by atoms with van der Waals surface area (Å²) in [6, 6.07) is 7.18. The molecule has 0 spiro atoms. The summed E-state index contributed by atoms with van der Waals surface area (Å²) < 4.78 is 5.35. The number of likely N-dealkylation sites (N-methyl/N-ethyl adjacent to an activating group) is 1. The van der Waals surface area contributed by atoms with Crippen LogP contribution in [-0.4, -0.2) is 56.5 Å². The van der Waals surface area contributed by atoms with Gasteiger partial charge in [-0.3, -0.25) is 4.79 Å². The molecule has 31 heavy (non-hydrogen) atoms. The van der Waals surface area contributed by atoms with Crippen molar-refractivity contribution >= 4 is 17.7 Å². The molecule has 0 saturated heterocycles. The summed E-state index contributed by atoms with van der Waals surface area (Å²) in [7, 11) is 1.67. The van der Waals surface area contributed by atoms with E-state index in [2.05, 4.69) is 25.7 Å². The highest BCUT2D eigenvalue weighted by molar-refractivity contribution is 5.94. The maximum absolute atomic E-state index is 12.1. The number of amides is 2. The number of ether oxygens (including phenoxy) is 1. The van der Waals surface area contributed by atoms with Gasteiger partial charge < -0.3 is 15.0 Å². The Labute approximate surface area is 183 Å². The Bertz CT molecular complexity index is 899. The molecular weight excluding hydrogens is 396 g/mol. The van der Waals surface area contributed by atoms with Gasteiger partial charge in [-0.1, -0.05) is 27.7 Å². The molecule has 9 nitrogen and oxygen atoms in total. The topological polar surface area (TPSA) is 110 Å². The van der Waals surface area contributed by atoms with Gasteiger partial charge in [0.1, 0.15) is 5.60 Å². The lowest BCUT2D eigenvalue weighted by molar-refractivity contribution is -0.123. The van der Waals surface area contributed by atoms with Crippen LogP contribution in [0.4, 0.5) is 10.5 Å². The Kier molecular flexibility index (Phi) is 7.30. The number of nitrogens with zero attached hydrogens (tertiary/aromatic N) is 5. The zero-order valence-corrected chi connectivity index (χ0v) is 19.6. The number of hydrogen-bond donors (Lipinski definition) is 1. The molecule has 1 aromatic carbocycles. The number of benzene rings is 1. The number of carbonyl (C=O) groups excluding carboxylic acids is 2. The molecule has 2 amide bonds. The number of aromatic nitrogens is 4. The van der Waals surface area contributed by atoms with Gasteiger partial charge in [-0.25, -0.2) is 4.79 Å². The number of rotatable bonds is 5. The quantitative estimate of drug-likeness (QED) is 0.769. The first-order valence-corrected chi connectivity index (χ1v) is 10.2. The van der Waals surface area contributed by atoms with Gasteiger partial charge in [0, 0.05) is 36.2 Å². The van der Waals surface area contributed by atoms with Crippen LogP contribution >= 0.6 is 0 Å². The highest BCUT2D eigenvalue weighted by atomic mass is 16.6. The monoisotopic (exact) mass is 428 g/mol. The van der Waals surface area contributed by atoms with Crippen LogP contribution in [0.2, 0.25) is 0 Å². The van der Waals surface area contributed by atoms with Crippen molar-refractivity contribution in [2.45, 2.75) is 60.0 Å². The van der Waals surface area contributed by atoms with Crippen molar-refractivity contribution in [1.82, 2.24) is 25.3 Å². The number of hydrogen-bond acceptors (Lipinski definition) is 7. The summed E-state index contributed by atoms with van der Waals surface area (Å²) in [6.07, 6.45) is -0.407. The van der Waals surface area contributed by atoms with Gasteiger partial charge in [0.15, 0.2) is 5.82 Å². The predicted octanol–water partition coefficient (Wildman–Crippen LogP) is 3.89. The molecule has 1 heterocycles. The number of nitrogens with one attached hydrogen (secondary N) is 1. The van der Waals surface area contributed by atoms with Crippen LogP contribution in [0.1, 0.15) is 60.2 Å². The summed E-state index contributed by atoms with van der Waals surface area (Å²) >= 11 is 0. The summed E-state index contributed by atoms with van der Waals surface area (Å²) in [5, 5.41) is 19.5. The fraction of sp³-hybridized carbons (Fsp3) is 0.545. The largest absolute Gasteiger partial charge is 0.444 e. The first kappa shape index (κ1) is 24.2. The molecule has 1 atom stereocenters. The minimum absolute atomic E-state index is 0.0606. The molecule has 1 unspecified atom stereocenters. The van der Waals surface area contributed by atoms with Crippen LogP contribution in [-0.2, 0) is 9.53 Å². The second-order valence-corrected chi connectivity index (χ2v) is 9.63. The van der Waals surface area contributed by atoms with Crippen LogP contribution in [0, 0.1) is 5.41 Å². The standard InChI is InChI=1S/C22H32N6O3/c1-14(13-28(8)20(30)31-22(5,6)7)17-24-26-18(27-25-17)15-9-11-16(12-10-15)23-19(29)21(2,3)4/h9-12,14H,13H2,1-8H3,(H,23,29). The van der Waals surface area contributed by atoms with Crippen LogP contribution in [0.5, 0.6) is 0 Å². The Morgan fingerprint density at radius 2 is 1.55 bits per heavy atom. The first-order valence-electron chi connectivity index (χ1n) is 10.2. The molecule has 0 aliphatic carbocycles. The Morgan fingerprint density at radius 1 is 1.00 bits per heavy atom. The lowest BCUT2D eigenvalue weighted by Crippen LogP contribution is -2.36. The maximum Gasteiger partial charge on any atom is 0.410 e. The van der Waals surface area contributed by atoms with E-state index < -0.39 is 17.1 Å². The van der Waals surface area contributed by atoms with E-state index in [0.717, 1.165) is 5.56 Å². The molecule has 9 heteroatoms. The Balaban J connectivity index is 2.01. The summed E-state index contributed by atoms with van der Waals surface area (Å²) in [6.45, 7) is 13.3. The van der Waals surface area contributed by atoms with E-state index in [-0.39, 0.29) is 11.8 Å². The maximum atomic E-state index is 12.1. The molecule has 0 aliphatic rings. The van der Waals surface area contributed by atoms with Crippen molar-refractivity contribution in [2.24, 2.45) is 5.41 Å². The molecule has 0 saturated carbocycles. The normalized spacial score (nSPS) is 12.8. The molecule has 2 aromatic rings. The molecule has 2 rings (SSSR count). The summed E-state index contributed by atoms with van der Waals surface area (Å²) in [5.74, 6) is 0.592. The van der Waals surface area contributed by atoms with Crippen molar-refractivity contribution < 1.29 is 14.3 Å².